The molecule has 0 aromatic carbocycles. The van der Waals surface area contributed by atoms with E-state index < -0.39 is 57.3 Å². The van der Waals surface area contributed by atoms with Gasteiger partial charge in [0, 0.05) is 12.8 Å². The number of halogens is 9. The van der Waals surface area contributed by atoms with Crippen LogP contribution in [0.3, 0.4) is 0 Å². The predicted octanol–water partition coefficient (Wildman–Crippen LogP) is 3.79. The number of rotatable bonds is 6. The van der Waals surface area contributed by atoms with Gasteiger partial charge in [0.15, 0.2) is 9.84 Å². The second kappa shape index (κ2) is 6.35. The van der Waals surface area contributed by atoms with Crippen molar-refractivity contribution in [3.63, 3.8) is 0 Å². The quantitative estimate of drug-likeness (QED) is 0.519. The topological polar surface area (TPSA) is 57.9 Å². The highest BCUT2D eigenvalue weighted by molar-refractivity contribution is 7.94. The van der Waals surface area contributed by atoms with E-state index in [2.05, 4.69) is 0 Å². The number of hydrogen-bond acceptors (Lipinski definition) is 3. The Labute approximate surface area is 124 Å². The largest absolute Gasteiger partial charge is 0.453 e. The van der Waals surface area contributed by atoms with Crippen LogP contribution in [-0.2, 0) is 9.84 Å². The van der Waals surface area contributed by atoms with Crippen LogP contribution in [0.4, 0.5) is 35.1 Å². The highest BCUT2D eigenvalue weighted by Gasteiger charge is 2.58. The Morgan fingerprint density at radius 1 is 0.909 bits per heavy atom. The summed E-state index contributed by atoms with van der Waals surface area (Å²) < 4.78 is 117. The smallest absolute Gasteiger partial charge is 0.226 e. The molecule has 1 unspecified atom stereocenters. The van der Waals surface area contributed by atoms with E-state index in [0.29, 0.717) is 0 Å². The van der Waals surface area contributed by atoms with Crippen molar-refractivity contribution in [2.75, 3.05) is 5.75 Å². The summed E-state index contributed by atoms with van der Waals surface area (Å²) >= 11 is 5.18. The Balaban J connectivity index is 5.18. The average Bonchev–Trinajstić information content (AvgIpc) is 2.31. The number of nitriles is 1. The molecule has 0 aliphatic carbocycles. The van der Waals surface area contributed by atoms with Crippen LogP contribution in [0.5, 0.6) is 0 Å². The third kappa shape index (κ3) is 5.42. The van der Waals surface area contributed by atoms with Crippen LogP contribution in [0.25, 0.3) is 0 Å². The molecule has 3 nitrogen and oxygen atoms in total. The Morgan fingerprint density at radius 2 is 1.36 bits per heavy atom. The van der Waals surface area contributed by atoms with Gasteiger partial charge in [-0.15, -0.1) is 0 Å². The zero-order valence-corrected chi connectivity index (χ0v) is 12.0. The average molecular weight is 382 g/mol. The molecule has 13 heteroatoms. The maximum atomic E-state index is 12.7. The molecule has 0 rings (SSSR count). The van der Waals surface area contributed by atoms with E-state index >= 15 is 0 Å². The standard InChI is InChI=1S/C9H8ClF8NO2S/c10-6(5-19,1-2-7(11,12)9(16,17)18)22(20,21)4-3-8(13,14)15/h1-4H2. The molecule has 0 aliphatic rings. The first-order valence-corrected chi connectivity index (χ1v) is 7.34. The summed E-state index contributed by atoms with van der Waals surface area (Å²) in [5.74, 6) is -7.03. The third-order valence-corrected chi connectivity index (χ3v) is 5.49. The zero-order valence-electron chi connectivity index (χ0n) is 10.4. The van der Waals surface area contributed by atoms with E-state index in [4.69, 9.17) is 16.9 Å². The second-order valence-electron chi connectivity index (χ2n) is 4.23. The van der Waals surface area contributed by atoms with Crippen molar-refractivity contribution >= 4 is 21.4 Å². The van der Waals surface area contributed by atoms with Crippen molar-refractivity contribution in [1.29, 1.82) is 5.26 Å². The van der Waals surface area contributed by atoms with Gasteiger partial charge in [0.05, 0.1) is 12.2 Å². The van der Waals surface area contributed by atoms with E-state index in [-0.39, 0.29) is 0 Å². The van der Waals surface area contributed by atoms with E-state index in [1.165, 1.54) is 0 Å². The van der Waals surface area contributed by atoms with Crippen LogP contribution in [0.2, 0.25) is 0 Å². The lowest BCUT2D eigenvalue weighted by atomic mass is 10.1. The van der Waals surface area contributed by atoms with Crippen molar-refractivity contribution in [1.82, 2.24) is 0 Å². The van der Waals surface area contributed by atoms with Crippen molar-refractivity contribution in [3.8, 4) is 6.07 Å². The summed E-state index contributed by atoms with van der Waals surface area (Å²) in [6.07, 6.45) is -16.7. The minimum absolute atomic E-state index is 0.788. The van der Waals surface area contributed by atoms with Crippen molar-refractivity contribution < 1.29 is 43.5 Å². The van der Waals surface area contributed by atoms with E-state index in [0.717, 1.165) is 6.07 Å². The molecule has 130 valence electrons. The molecule has 0 spiro atoms. The Morgan fingerprint density at radius 3 is 1.68 bits per heavy atom. The van der Waals surface area contributed by atoms with Crippen LogP contribution in [0, 0.1) is 11.3 Å². The second-order valence-corrected chi connectivity index (χ2v) is 7.43. The molecule has 0 N–H and O–H groups in total. The number of hydrogen-bond donors (Lipinski definition) is 0. The Kier molecular flexibility index (Phi) is 6.11. The fourth-order valence-electron chi connectivity index (χ4n) is 1.15. The number of nitrogens with zero attached hydrogens (tertiary/aromatic N) is 1. The highest BCUT2D eigenvalue weighted by Crippen LogP contribution is 2.42. The van der Waals surface area contributed by atoms with Crippen molar-refractivity contribution in [2.24, 2.45) is 0 Å². The molecule has 22 heavy (non-hydrogen) atoms. The van der Waals surface area contributed by atoms with Gasteiger partial charge in [0.2, 0.25) is 4.21 Å². The normalized spacial score (nSPS) is 16.9. The van der Waals surface area contributed by atoms with Crippen LogP contribution >= 0.6 is 11.6 Å². The first kappa shape index (κ1) is 21.2. The molecule has 0 heterocycles. The van der Waals surface area contributed by atoms with Gasteiger partial charge in [0.25, 0.3) is 0 Å². The zero-order chi connectivity index (χ0) is 18.0. The lowest BCUT2D eigenvalue weighted by molar-refractivity contribution is -0.284. The molecule has 0 aromatic rings. The first-order chi connectivity index (χ1) is 9.47. The minimum atomic E-state index is -6.00. The SMILES string of the molecule is N#CC(Cl)(CCC(F)(F)C(F)(F)F)S(=O)(=O)CCC(F)(F)F. The molecule has 0 aromatic heterocycles. The van der Waals surface area contributed by atoms with Gasteiger partial charge < -0.3 is 0 Å². The fourth-order valence-corrected chi connectivity index (χ4v) is 2.85. The number of sulfone groups is 1. The summed E-state index contributed by atoms with van der Waals surface area (Å²) in [6, 6.07) is 0.788. The lowest BCUT2D eigenvalue weighted by Gasteiger charge is -2.24. The summed E-state index contributed by atoms with van der Waals surface area (Å²) in [4.78, 5) is 0. The molecule has 0 bridgehead atoms. The van der Waals surface area contributed by atoms with Crippen LogP contribution < -0.4 is 0 Å². The van der Waals surface area contributed by atoms with E-state index in [1.54, 1.807) is 0 Å². The number of alkyl halides is 9. The molecule has 0 amide bonds. The van der Waals surface area contributed by atoms with Crippen molar-refractivity contribution in [3.05, 3.63) is 0 Å². The van der Waals surface area contributed by atoms with E-state index in [1.807, 2.05) is 0 Å². The molecule has 0 saturated carbocycles. The fraction of sp³-hybridized carbons (Fsp3) is 0.889. The highest BCUT2D eigenvalue weighted by atomic mass is 35.5. The minimum Gasteiger partial charge on any atom is -0.226 e. The lowest BCUT2D eigenvalue weighted by Crippen LogP contribution is -2.41. The van der Waals surface area contributed by atoms with Crippen LogP contribution in [0.15, 0.2) is 0 Å². The van der Waals surface area contributed by atoms with Gasteiger partial charge in [-0.05, 0) is 0 Å². The van der Waals surface area contributed by atoms with Crippen LogP contribution in [0.1, 0.15) is 19.3 Å². The van der Waals surface area contributed by atoms with Gasteiger partial charge in [0.1, 0.15) is 6.07 Å². The predicted molar refractivity (Wildman–Crippen MR) is 58.9 cm³/mol. The third-order valence-electron chi connectivity index (χ3n) is 2.49. The van der Waals surface area contributed by atoms with Gasteiger partial charge >= 0.3 is 18.3 Å². The molecule has 0 fully saturated rings. The van der Waals surface area contributed by atoms with Gasteiger partial charge in [-0.25, -0.2) is 8.42 Å². The summed E-state index contributed by atoms with van der Waals surface area (Å²) in [7, 11) is -5.09. The monoisotopic (exact) mass is 381 g/mol. The van der Waals surface area contributed by atoms with Crippen molar-refractivity contribution in [2.45, 2.75) is 41.7 Å². The first-order valence-electron chi connectivity index (χ1n) is 5.31. The molecule has 0 saturated heterocycles. The van der Waals surface area contributed by atoms with Gasteiger partial charge in [-0.3, -0.25) is 0 Å². The summed E-state index contributed by atoms with van der Waals surface area (Å²) in [5, 5.41) is 8.58. The molecular formula is C9H8ClF8NO2S. The molecule has 0 aliphatic heterocycles. The van der Waals surface area contributed by atoms with Gasteiger partial charge in [-0.2, -0.15) is 40.4 Å². The van der Waals surface area contributed by atoms with Crippen LogP contribution in [-0.4, -0.2) is 36.7 Å². The Bertz CT molecular complexity index is 535. The Hall–Kier alpha value is -0.830. The van der Waals surface area contributed by atoms with Gasteiger partial charge in [-0.1, -0.05) is 11.6 Å². The molecular weight excluding hydrogens is 374 g/mol. The molecule has 1 atom stereocenters. The summed E-state index contributed by atoms with van der Waals surface area (Å²) in [5.41, 5.74) is 0. The molecule has 0 radical (unpaired) electrons. The summed E-state index contributed by atoms with van der Waals surface area (Å²) in [6.45, 7) is 0. The van der Waals surface area contributed by atoms with E-state index in [9.17, 15) is 43.5 Å². The maximum Gasteiger partial charge on any atom is 0.453 e. The maximum absolute atomic E-state index is 12.7.